The molecule has 0 aliphatic heterocycles. The number of methoxy groups -OCH3 is 3. The van der Waals surface area contributed by atoms with Gasteiger partial charge in [0, 0.05) is 10.6 Å². The highest BCUT2D eigenvalue weighted by atomic mass is 35.5. The summed E-state index contributed by atoms with van der Waals surface area (Å²) < 4.78 is 15.7. The maximum atomic E-state index is 12.5. The van der Waals surface area contributed by atoms with Gasteiger partial charge in [-0.2, -0.15) is 5.26 Å². The van der Waals surface area contributed by atoms with Crippen molar-refractivity contribution in [1.82, 2.24) is 0 Å². The van der Waals surface area contributed by atoms with Crippen molar-refractivity contribution in [3.05, 3.63) is 52.6 Å². The van der Waals surface area contributed by atoms with Gasteiger partial charge in [-0.25, -0.2) is 0 Å². The van der Waals surface area contributed by atoms with Gasteiger partial charge in [-0.3, -0.25) is 4.79 Å². The van der Waals surface area contributed by atoms with Crippen molar-refractivity contribution < 1.29 is 19.0 Å². The minimum Gasteiger partial charge on any atom is -0.495 e. The molecule has 0 aromatic heterocycles. The van der Waals surface area contributed by atoms with Gasteiger partial charge in [-0.05, 0) is 30.3 Å². The number of amides is 1. The summed E-state index contributed by atoms with van der Waals surface area (Å²) >= 11 is 5.96. The van der Waals surface area contributed by atoms with E-state index in [-0.39, 0.29) is 5.57 Å². The first-order chi connectivity index (χ1) is 12.5. The molecule has 2 aromatic rings. The van der Waals surface area contributed by atoms with Crippen molar-refractivity contribution in [1.29, 1.82) is 5.26 Å². The second kappa shape index (κ2) is 8.79. The predicted octanol–water partition coefficient (Wildman–Crippen LogP) is 3.91. The zero-order valence-corrected chi connectivity index (χ0v) is 15.3. The van der Waals surface area contributed by atoms with Crippen LogP contribution < -0.4 is 19.5 Å². The summed E-state index contributed by atoms with van der Waals surface area (Å²) in [6, 6.07) is 11.9. The lowest BCUT2D eigenvalue weighted by atomic mass is 10.1. The zero-order chi connectivity index (χ0) is 19.1. The van der Waals surface area contributed by atoms with Crippen molar-refractivity contribution in [3.8, 4) is 23.3 Å². The van der Waals surface area contributed by atoms with E-state index < -0.39 is 5.91 Å². The Morgan fingerprint density at radius 3 is 2.46 bits per heavy atom. The number of nitrogens with zero attached hydrogens (tertiary/aromatic N) is 1. The minimum atomic E-state index is -0.599. The first-order valence-electron chi connectivity index (χ1n) is 7.51. The Labute approximate surface area is 156 Å². The van der Waals surface area contributed by atoms with Gasteiger partial charge in [0.2, 0.25) is 0 Å². The van der Waals surface area contributed by atoms with Crippen LogP contribution in [-0.2, 0) is 4.79 Å². The van der Waals surface area contributed by atoms with E-state index >= 15 is 0 Å². The lowest BCUT2D eigenvalue weighted by molar-refractivity contribution is -0.112. The largest absolute Gasteiger partial charge is 0.495 e. The summed E-state index contributed by atoms with van der Waals surface area (Å²) in [5, 5.41) is 12.5. The molecule has 0 saturated heterocycles. The highest BCUT2D eigenvalue weighted by Crippen LogP contribution is 2.32. The molecule has 1 amide bonds. The number of nitriles is 1. The summed E-state index contributed by atoms with van der Waals surface area (Å²) in [5.41, 5.74) is 0.791. The fraction of sp³-hybridized carbons (Fsp3) is 0.158. The van der Waals surface area contributed by atoms with Crippen LogP contribution in [0.2, 0.25) is 5.02 Å². The smallest absolute Gasteiger partial charge is 0.266 e. The summed E-state index contributed by atoms with van der Waals surface area (Å²) in [5.74, 6) is 0.753. The number of carbonyl (C=O) groups excluding carboxylic acids is 1. The molecule has 2 aromatic carbocycles. The predicted molar refractivity (Wildman–Crippen MR) is 99.8 cm³/mol. The van der Waals surface area contributed by atoms with E-state index in [2.05, 4.69) is 5.32 Å². The lowest BCUT2D eigenvalue weighted by Gasteiger charge is -2.11. The first-order valence-corrected chi connectivity index (χ1v) is 7.89. The normalized spacial score (nSPS) is 10.7. The molecule has 6 nitrogen and oxygen atoms in total. The molecular formula is C19H17ClN2O4. The molecule has 0 bridgehead atoms. The molecule has 7 heteroatoms. The summed E-state index contributed by atoms with van der Waals surface area (Å²) in [7, 11) is 4.47. The van der Waals surface area contributed by atoms with Gasteiger partial charge in [0.15, 0.2) is 11.5 Å². The molecule has 26 heavy (non-hydrogen) atoms. The van der Waals surface area contributed by atoms with Gasteiger partial charge in [-0.1, -0.05) is 23.7 Å². The summed E-state index contributed by atoms with van der Waals surface area (Å²) in [6.07, 6.45) is 1.42. The number of benzene rings is 2. The van der Waals surface area contributed by atoms with Crippen LogP contribution in [0.3, 0.4) is 0 Å². The van der Waals surface area contributed by atoms with E-state index in [1.165, 1.54) is 27.4 Å². The molecule has 2 rings (SSSR count). The number of ether oxygens (including phenoxy) is 3. The maximum Gasteiger partial charge on any atom is 0.266 e. The van der Waals surface area contributed by atoms with Crippen LogP contribution in [0.5, 0.6) is 17.2 Å². The molecule has 0 atom stereocenters. The zero-order valence-electron chi connectivity index (χ0n) is 14.5. The fourth-order valence-electron chi connectivity index (χ4n) is 2.30. The molecule has 134 valence electrons. The maximum absolute atomic E-state index is 12.5. The van der Waals surface area contributed by atoms with Crippen LogP contribution in [0.25, 0.3) is 6.08 Å². The Balaban J connectivity index is 2.37. The highest BCUT2D eigenvalue weighted by molar-refractivity contribution is 6.31. The third-order valence-electron chi connectivity index (χ3n) is 3.51. The molecule has 0 radical (unpaired) electrons. The number of halogens is 1. The van der Waals surface area contributed by atoms with Crippen LogP contribution in [0.1, 0.15) is 5.56 Å². The number of rotatable bonds is 6. The van der Waals surface area contributed by atoms with Crippen molar-refractivity contribution in [2.75, 3.05) is 26.6 Å². The van der Waals surface area contributed by atoms with Crippen LogP contribution >= 0.6 is 11.6 Å². The Morgan fingerprint density at radius 1 is 1.12 bits per heavy atom. The van der Waals surface area contributed by atoms with Crippen LogP contribution in [0.15, 0.2) is 42.0 Å². The number of carbonyl (C=O) groups is 1. The van der Waals surface area contributed by atoms with Crippen molar-refractivity contribution in [2.45, 2.75) is 0 Å². The van der Waals surface area contributed by atoms with Crippen molar-refractivity contribution in [3.63, 3.8) is 0 Å². The molecule has 0 fully saturated rings. The molecule has 0 aliphatic rings. The minimum absolute atomic E-state index is 0.112. The monoisotopic (exact) mass is 372 g/mol. The average Bonchev–Trinajstić information content (AvgIpc) is 2.65. The third kappa shape index (κ3) is 4.26. The summed E-state index contributed by atoms with van der Waals surface area (Å²) in [4.78, 5) is 12.5. The number of hydrogen-bond acceptors (Lipinski definition) is 5. The molecule has 0 spiro atoms. The topological polar surface area (TPSA) is 80.6 Å². The van der Waals surface area contributed by atoms with Gasteiger partial charge in [0.1, 0.15) is 17.4 Å². The van der Waals surface area contributed by atoms with E-state index in [0.29, 0.717) is 33.5 Å². The van der Waals surface area contributed by atoms with Gasteiger partial charge >= 0.3 is 0 Å². The molecule has 0 unspecified atom stereocenters. The molecule has 0 saturated carbocycles. The molecule has 1 N–H and O–H groups in total. The number of nitrogens with one attached hydrogen (secondary N) is 1. The van der Waals surface area contributed by atoms with Crippen LogP contribution in [0.4, 0.5) is 5.69 Å². The molecular weight excluding hydrogens is 356 g/mol. The van der Waals surface area contributed by atoms with Gasteiger partial charge in [0.05, 0.1) is 27.0 Å². The Morgan fingerprint density at radius 2 is 1.85 bits per heavy atom. The Bertz CT molecular complexity index is 888. The first kappa shape index (κ1) is 19.2. The van der Waals surface area contributed by atoms with Gasteiger partial charge in [0.25, 0.3) is 5.91 Å². The Kier molecular flexibility index (Phi) is 6.48. The van der Waals surface area contributed by atoms with E-state index in [1.54, 1.807) is 36.4 Å². The van der Waals surface area contributed by atoms with Crippen molar-refractivity contribution in [2.24, 2.45) is 0 Å². The second-order valence-electron chi connectivity index (χ2n) is 5.05. The standard InChI is InChI=1S/C19H17ClN2O4/c1-24-16-8-7-14(20)10-15(16)22-19(23)13(11-21)9-12-5-4-6-17(25-2)18(12)26-3/h4-10H,1-3H3,(H,22,23)/b13-9+. The van der Waals surface area contributed by atoms with Crippen molar-refractivity contribution >= 4 is 29.3 Å². The van der Waals surface area contributed by atoms with E-state index in [4.69, 9.17) is 25.8 Å². The molecule has 0 heterocycles. The highest BCUT2D eigenvalue weighted by Gasteiger charge is 2.15. The number of para-hydroxylation sites is 1. The number of anilines is 1. The van der Waals surface area contributed by atoms with E-state index in [1.807, 2.05) is 6.07 Å². The third-order valence-corrected chi connectivity index (χ3v) is 3.74. The van der Waals surface area contributed by atoms with Gasteiger partial charge < -0.3 is 19.5 Å². The second-order valence-corrected chi connectivity index (χ2v) is 5.49. The molecule has 0 aliphatic carbocycles. The fourth-order valence-corrected chi connectivity index (χ4v) is 2.47. The van der Waals surface area contributed by atoms with Crippen LogP contribution in [0, 0.1) is 11.3 Å². The quantitative estimate of drug-likeness (QED) is 0.614. The van der Waals surface area contributed by atoms with E-state index in [9.17, 15) is 10.1 Å². The lowest BCUT2D eigenvalue weighted by Crippen LogP contribution is -2.14. The SMILES string of the molecule is COc1ccc(Cl)cc1NC(=O)/C(C#N)=C/c1cccc(OC)c1OC. The van der Waals surface area contributed by atoms with Gasteiger partial charge in [-0.15, -0.1) is 0 Å². The van der Waals surface area contributed by atoms with E-state index in [0.717, 1.165) is 0 Å². The van der Waals surface area contributed by atoms with Crippen LogP contribution in [-0.4, -0.2) is 27.2 Å². The average molecular weight is 373 g/mol. The number of hydrogen-bond donors (Lipinski definition) is 1. The Hall–Kier alpha value is -3.17. The summed E-state index contributed by atoms with van der Waals surface area (Å²) in [6.45, 7) is 0.